The molecule has 0 fully saturated rings. The average Bonchev–Trinajstić information content (AvgIpc) is 2.43. The van der Waals surface area contributed by atoms with E-state index in [2.05, 4.69) is 37.4 Å². The Kier molecular flexibility index (Phi) is 5.70. The Hall–Kier alpha value is -2.16. The van der Waals surface area contributed by atoms with E-state index in [4.69, 9.17) is 9.47 Å². The summed E-state index contributed by atoms with van der Waals surface area (Å²) in [5.74, 6) is 1.80. The Labute approximate surface area is 133 Å². The van der Waals surface area contributed by atoms with Crippen LogP contribution in [0.15, 0.2) is 42.5 Å². The Morgan fingerprint density at radius 1 is 1.00 bits per heavy atom. The van der Waals surface area contributed by atoms with E-state index in [0.29, 0.717) is 6.61 Å². The van der Waals surface area contributed by atoms with Gasteiger partial charge in [0.2, 0.25) is 0 Å². The van der Waals surface area contributed by atoms with Crippen LogP contribution in [0.2, 0.25) is 0 Å². The van der Waals surface area contributed by atoms with E-state index in [0.717, 1.165) is 23.7 Å². The molecule has 3 heteroatoms. The molecule has 2 aromatic rings. The first-order valence-corrected chi connectivity index (χ1v) is 7.75. The number of ether oxygens (including phenoxy) is 2. The van der Waals surface area contributed by atoms with Crippen LogP contribution < -0.4 is 14.8 Å². The highest BCUT2D eigenvalue weighted by molar-refractivity contribution is 5.56. The molecule has 3 nitrogen and oxygen atoms in total. The number of hydrogen-bond donors (Lipinski definition) is 1. The Bertz CT molecular complexity index is 588. The molecule has 0 radical (unpaired) electrons. The number of hydrogen-bond acceptors (Lipinski definition) is 3. The molecule has 0 saturated carbocycles. The van der Waals surface area contributed by atoms with E-state index in [1.807, 2.05) is 38.1 Å². The minimum atomic E-state index is 0.162. The lowest BCUT2D eigenvalue weighted by Crippen LogP contribution is -2.13. The molecule has 1 N–H and O–H groups in total. The van der Waals surface area contributed by atoms with Gasteiger partial charge >= 0.3 is 0 Å². The second-order valence-corrected chi connectivity index (χ2v) is 5.76. The summed E-state index contributed by atoms with van der Waals surface area (Å²) in [4.78, 5) is 0. The summed E-state index contributed by atoms with van der Waals surface area (Å²) in [6.07, 6.45) is 0.162. The normalized spacial score (nSPS) is 10.6. The minimum absolute atomic E-state index is 0.162. The van der Waals surface area contributed by atoms with E-state index in [1.165, 1.54) is 11.1 Å². The van der Waals surface area contributed by atoms with E-state index >= 15 is 0 Å². The molecule has 0 amide bonds. The van der Waals surface area contributed by atoms with Crippen LogP contribution >= 0.6 is 0 Å². The molecule has 22 heavy (non-hydrogen) atoms. The fraction of sp³-hybridized carbons (Fsp3) is 0.368. The Morgan fingerprint density at radius 2 is 1.68 bits per heavy atom. The molecule has 0 aromatic heterocycles. The Morgan fingerprint density at radius 3 is 2.36 bits per heavy atom. The maximum absolute atomic E-state index is 5.81. The molecule has 0 spiro atoms. The first-order chi connectivity index (χ1) is 10.5. The highest BCUT2D eigenvalue weighted by atomic mass is 16.5. The summed E-state index contributed by atoms with van der Waals surface area (Å²) in [5, 5.41) is 3.37. The summed E-state index contributed by atoms with van der Waals surface area (Å²) in [7, 11) is 0. The predicted molar refractivity (Wildman–Crippen MR) is 92.1 cm³/mol. The van der Waals surface area contributed by atoms with Gasteiger partial charge in [-0.2, -0.15) is 0 Å². The van der Waals surface area contributed by atoms with Crippen LogP contribution in [0.5, 0.6) is 11.5 Å². The van der Waals surface area contributed by atoms with Crippen LogP contribution in [0.3, 0.4) is 0 Å². The van der Waals surface area contributed by atoms with Crippen molar-refractivity contribution in [2.75, 3.05) is 18.5 Å². The summed E-state index contributed by atoms with van der Waals surface area (Å²) in [6.45, 7) is 9.56. The fourth-order valence-corrected chi connectivity index (χ4v) is 2.34. The van der Waals surface area contributed by atoms with Crippen LogP contribution in [0.25, 0.3) is 0 Å². The van der Waals surface area contributed by atoms with Crippen molar-refractivity contribution in [3.05, 3.63) is 53.6 Å². The topological polar surface area (TPSA) is 30.5 Å². The zero-order valence-corrected chi connectivity index (χ0v) is 13.8. The molecule has 0 heterocycles. The lowest BCUT2D eigenvalue weighted by molar-refractivity contribution is 0.243. The monoisotopic (exact) mass is 299 g/mol. The standard InChI is InChI=1S/C19H25NO2/c1-14(2)22-19-8-6-5-7-18(19)20-9-10-21-17-12-15(3)11-16(4)13-17/h5-8,11-14,20H,9-10H2,1-4H3. The molecule has 0 aliphatic carbocycles. The zero-order valence-electron chi connectivity index (χ0n) is 13.8. The van der Waals surface area contributed by atoms with Crippen LogP contribution in [-0.4, -0.2) is 19.3 Å². The molecule has 0 saturated heterocycles. The fourth-order valence-electron chi connectivity index (χ4n) is 2.34. The van der Waals surface area contributed by atoms with Gasteiger partial charge in [-0.15, -0.1) is 0 Å². The number of para-hydroxylation sites is 2. The number of rotatable bonds is 7. The summed E-state index contributed by atoms with van der Waals surface area (Å²) in [5.41, 5.74) is 3.44. The average molecular weight is 299 g/mol. The van der Waals surface area contributed by atoms with Gasteiger partial charge in [-0.05, 0) is 63.1 Å². The molecule has 2 aromatic carbocycles. The SMILES string of the molecule is Cc1cc(C)cc(OCCNc2ccccc2OC(C)C)c1. The highest BCUT2D eigenvalue weighted by Gasteiger charge is 2.04. The third-order valence-corrected chi connectivity index (χ3v) is 3.13. The van der Waals surface area contributed by atoms with E-state index < -0.39 is 0 Å². The molecule has 0 bridgehead atoms. The smallest absolute Gasteiger partial charge is 0.142 e. The van der Waals surface area contributed by atoms with Crippen molar-refractivity contribution in [2.24, 2.45) is 0 Å². The zero-order chi connectivity index (χ0) is 15.9. The maximum Gasteiger partial charge on any atom is 0.142 e. The third-order valence-electron chi connectivity index (χ3n) is 3.13. The lowest BCUT2D eigenvalue weighted by atomic mass is 10.1. The summed E-state index contributed by atoms with van der Waals surface area (Å²) in [6, 6.07) is 14.2. The molecule has 0 aliphatic rings. The van der Waals surface area contributed by atoms with Crippen molar-refractivity contribution in [3.63, 3.8) is 0 Å². The van der Waals surface area contributed by atoms with E-state index in [-0.39, 0.29) is 6.10 Å². The van der Waals surface area contributed by atoms with Crippen molar-refractivity contribution < 1.29 is 9.47 Å². The molecule has 0 aliphatic heterocycles. The van der Waals surface area contributed by atoms with Gasteiger partial charge in [0.05, 0.1) is 11.8 Å². The van der Waals surface area contributed by atoms with Gasteiger partial charge in [-0.25, -0.2) is 0 Å². The molecule has 2 rings (SSSR count). The van der Waals surface area contributed by atoms with Crippen LogP contribution in [0, 0.1) is 13.8 Å². The van der Waals surface area contributed by atoms with Crippen molar-refractivity contribution in [1.82, 2.24) is 0 Å². The van der Waals surface area contributed by atoms with Gasteiger partial charge in [-0.1, -0.05) is 18.2 Å². The molecule has 118 valence electrons. The van der Waals surface area contributed by atoms with Gasteiger partial charge in [-0.3, -0.25) is 0 Å². The predicted octanol–water partition coefficient (Wildman–Crippen LogP) is 4.58. The van der Waals surface area contributed by atoms with Gasteiger partial charge in [0.1, 0.15) is 18.1 Å². The largest absolute Gasteiger partial charge is 0.492 e. The molecular formula is C19H25NO2. The quantitative estimate of drug-likeness (QED) is 0.759. The lowest BCUT2D eigenvalue weighted by Gasteiger charge is -2.15. The van der Waals surface area contributed by atoms with Crippen molar-refractivity contribution in [3.8, 4) is 11.5 Å². The van der Waals surface area contributed by atoms with Crippen molar-refractivity contribution in [2.45, 2.75) is 33.8 Å². The number of benzene rings is 2. The summed E-state index contributed by atoms with van der Waals surface area (Å²) < 4.78 is 11.6. The highest BCUT2D eigenvalue weighted by Crippen LogP contribution is 2.24. The number of nitrogens with one attached hydrogen (secondary N) is 1. The van der Waals surface area contributed by atoms with Gasteiger partial charge in [0.15, 0.2) is 0 Å². The van der Waals surface area contributed by atoms with Gasteiger partial charge in [0.25, 0.3) is 0 Å². The number of aryl methyl sites for hydroxylation is 2. The second kappa shape index (κ2) is 7.74. The Balaban J connectivity index is 1.86. The molecule has 0 unspecified atom stereocenters. The maximum atomic E-state index is 5.81. The minimum Gasteiger partial charge on any atom is -0.492 e. The van der Waals surface area contributed by atoms with Crippen LogP contribution in [0.4, 0.5) is 5.69 Å². The van der Waals surface area contributed by atoms with Gasteiger partial charge < -0.3 is 14.8 Å². The van der Waals surface area contributed by atoms with Crippen LogP contribution in [-0.2, 0) is 0 Å². The van der Waals surface area contributed by atoms with E-state index in [9.17, 15) is 0 Å². The first kappa shape index (κ1) is 16.2. The molecular weight excluding hydrogens is 274 g/mol. The summed E-state index contributed by atoms with van der Waals surface area (Å²) >= 11 is 0. The first-order valence-electron chi connectivity index (χ1n) is 7.75. The van der Waals surface area contributed by atoms with Gasteiger partial charge in [0, 0.05) is 6.54 Å². The third kappa shape index (κ3) is 4.99. The van der Waals surface area contributed by atoms with Crippen LogP contribution in [0.1, 0.15) is 25.0 Å². The molecule has 0 atom stereocenters. The van der Waals surface area contributed by atoms with Crippen molar-refractivity contribution in [1.29, 1.82) is 0 Å². The second-order valence-electron chi connectivity index (χ2n) is 5.76. The van der Waals surface area contributed by atoms with E-state index in [1.54, 1.807) is 0 Å². The number of anilines is 1. The van der Waals surface area contributed by atoms with Crippen molar-refractivity contribution >= 4 is 5.69 Å².